The van der Waals surface area contributed by atoms with Gasteiger partial charge in [0, 0.05) is 11.1 Å². The van der Waals surface area contributed by atoms with Gasteiger partial charge in [0.05, 0.1) is 0 Å². The number of fused-ring (bicyclic) bond motifs is 5. The van der Waals surface area contributed by atoms with Crippen LogP contribution in [0.1, 0.15) is 16.7 Å². The van der Waals surface area contributed by atoms with Crippen LogP contribution in [-0.4, -0.2) is 0 Å². The van der Waals surface area contributed by atoms with Crippen molar-refractivity contribution in [1.82, 2.24) is 0 Å². The molecule has 0 radical (unpaired) electrons. The molecule has 1 aliphatic carbocycles. The summed E-state index contributed by atoms with van der Waals surface area (Å²) in [5.74, 6) is 0.947. The first-order chi connectivity index (χ1) is 10.9. The largest absolute Gasteiger partial charge is 0.474 e. The molecule has 0 bridgehead atoms. The predicted octanol–water partition coefficient (Wildman–Crippen LogP) is 5.17. The average Bonchev–Trinajstić information content (AvgIpc) is 2.93. The summed E-state index contributed by atoms with van der Waals surface area (Å²) in [5, 5.41) is 2.48. The zero-order valence-corrected chi connectivity index (χ0v) is 12.0. The maximum atomic E-state index is 6.44. The Labute approximate surface area is 129 Å². The van der Waals surface area contributed by atoms with Gasteiger partial charge in [0.2, 0.25) is 0 Å². The van der Waals surface area contributed by atoms with E-state index in [0.717, 1.165) is 5.75 Å². The molecular weight excluding hydrogens is 268 g/mol. The van der Waals surface area contributed by atoms with Crippen LogP contribution in [0, 0.1) is 0 Å². The molecule has 104 valence electrons. The summed E-state index contributed by atoms with van der Waals surface area (Å²) in [5.41, 5.74) is 3.16. The monoisotopic (exact) mass is 282 g/mol. The van der Waals surface area contributed by atoms with Crippen molar-refractivity contribution in [3.63, 3.8) is 0 Å². The summed E-state index contributed by atoms with van der Waals surface area (Å²) in [6.45, 7) is 0. The van der Waals surface area contributed by atoms with Crippen LogP contribution in [0.25, 0.3) is 22.9 Å². The second kappa shape index (κ2) is 4.11. The van der Waals surface area contributed by atoms with Crippen LogP contribution < -0.4 is 4.74 Å². The summed E-state index contributed by atoms with van der Waals surface area (Å²) < 4.78 is 6.44. The van der Waals surface area contributed by atoms with Gasteiger partial charge in [0.25, 0.3) is 0 Å². The first-order valence-corrected chi connectivity index (χ1v) is 7.54. The van der Waals surface area contributed by atoms with Crippen molar-refractivity contribution in [3.8, 4) is 5.75 Å². The van der Waals surface area contributed by atoms with E-state index in [1.165, 1.54) is 27.5 Å². The Morgan fingerprint density at radius 3 is 2.55 bits per heavy atom. The van der Waals surface area contributed by atoms with Crippen LogP contribution in [0.5, 0.6) is 5.75 Å². The molecule has 3 aromatic rings. The van der Waals surface area contributed by atoms with E-state index >= 15 is 0 Å². The Balaban J connectivity index is 1.72. The van der Waals surface area contributed by atoms with Crippen LogP contribution in [0.4, 0.5) is 0 Å². The molecule has 3 aromatic carbocycles. The fourth-order valence-electron chi connectivity index (χ4n) is 3.50. The second-order valence-corrected chi connectivity index (χ2v) is 5.85. The minimum Gasteiger partial charge on any atom is -0.474 e. The minimum atomic E-state index is -0.452. The standard InChI is InChI=1S/C21H14O/c1-3-7-17-15(5-1)9-10-20-18(17)12-14-21(22-20)13-11-16-6-2-4-8-19(16)21/h1-14H. The molecule has 1 atom stereocenters. The van der Waals surface area contributed by atoms with Crippen LogP contribution in [0.3, 0.4) is 0 Å². The number of ether oxygens (including phenoxy) is 1. The normalized spacial score (nSPS) is 20.9. The molecule has 1 unspecified atom stereocenters. The molecule has 1 aliphatic heterocycles. The summed E-state index contributed by atoms with van der Waals surface area (Å²) in [7, 11) is 0. The average molecular weight is 282 g/mol. The lowest BCUT2D eigenvalue weighted by atomic mass is 9.91. The van der Waals surface area contributed by atoms with E-state index in [2.05, 4.69) is 85.0 Å². The van der Waals surface area contributed by atoms with Gasteiger partial charge < -0.3 is 4.74 Å². The molecule has 2 aliphatic rings. The zero-order valence-electron chi connectivity index (χ0n) is 12.0. The molecule has 22 heavy (non-hydrogen) atoms. The van der Waals surface area contributed by atoms with E-state index in [0.29, 0.717) is 0 Å². The molecule has 1 spiro atoms. The van der Waals surface area contributed by atoms with E-state index in [1.807, 2.05) is 0 Å². The maximum absolute atomic E-state index is 6.44. The zero-order chi connectivity index (χ0) is 14.6. The van der Waals surface area contributed by atoms with Crippen LogP contribution in [0.2, 0.25) is 0 Å². The number of benzene rings is 3. The molecule has 0 fully saturated rings. The van der Waals surface area contributed by atoms with Gasteiger partial charge in [-0.15, -0.1) is 0 Å². The Morgan fingerprint density at radius 1 is 0.727 bits per heavy atom. The Hall–Kier alpha value is -2.80. The van der Waals surface area contributed by atoms with Crippen molar-refractivity contribution in [2.24, 2.45) is 0 Å². The van der Waals surface area contributed by atoms with Gasteiger partial charge in [0.1, 0.15) is 5.75 Å². The van der Waals surface area contributed by atoms with Gasteiger partial charge in [-0.05, 0) is 40.6 Å². The molecule has 1 heterocycles. The summed E-state index contributed by atoms with van der Waals surface area (Å²) in [6.07, 6.45) is 8.66. The lowest BCUT2D eigenvalue weighted by molar-refractivity contribution is 0.173. The van der Waals surface area contributed by atoms with E-state index in [4.69, 9.17) is 4.74 Å². The first-order valence-electron chi connectivity index (χ1n) is 7.54. The number of hydrogen-bond donors (Lipinski definition) is 0. The molecule has 0 amide bonds. The topological polar surface area (TPSA) is 9.23 Å². The highest BCUT2D eigenvalue weighted by molar-refractivity contribution is 5.94. The maximum Gasteiger partial charge on any atom is 0.172 e. The third-order valence-corrected chi connectivity index (χ3v) is 4.60. The van der Waals surface area contributed by atoms with Crippen molar-refractivity contribution in [3.05, 3.63) is 89.5 Å². The first kappa shape index (κ1) is 11.8. The highest BCUT2D eigenvalue weighted by Gasteiger charge is 2.37. The molecule has 1 heteroatoms. The Bertz CT molecular complexity index is 965. The lowest BCUT2D eigenvalue weighted by Crippen LogP contribution is -2.29. The van der Waals surface area contributed by atoms with E-state index in [1.54, 1.807) is 0 Å². The highest BCUT2D eigenvalue weighted by atomic mass is 16.5. The molecule has 0 saturated carbocycles. The van der Waals surface area contributed by atoms with E-state index in [9.17, 15) is 0 Å². The van der Waals surface area contributed by atoms with E-state index in [-0.39, 0.29) is 0 Å². The molecule has 1 nitrogen and oxygen atoms in total. The molecule has 5 rings (SSSR count). The third kappa shape index (κ3) is 1.48. The van der Waals surface area contributed by atoms with Crippen LogP contribution in [-0.2, 0) is 5.60 Å². The Kier molecular flexibility index (Phi) is 2.21. The van der Waals surface area contributed by atoms with Gasteiger partial charge in [0.15, 0.2) is 5.60 Å². The van der Waals surface area contributed by atoms with Crippen molar-refractivity contribution >= 4 is 22.9 Å². The smallest absolute Gasteiger partial charge is 0.172 e. The second-order valence-electron chi connectivity index (χ2n) is 5.85. The van der Waals surface area contributed by atoms with Gasteiger partial charge >= 0.3 is 0 Å². The van der Waals surface area contributed by atoms with Gasteiger partial charge in [-0.25, -0.2) is 0 Å². The lowest BCUT2D eigenvalue weighted by Gasteiger charge is -2.31. The fraction of sp³-hybridized carbons (Fsp3) is 0.0476. The highest BCUT2D eigenvalue weighted by Crippen LogP contribution is 2.45. The SMILES string of the molecule is C1=CC2(C=Cc3c(ccc4ccccc34)O2)c2ccccc21. The third-order valence-electron chi connectivity index (χ3n) is 4.60. The van der Waals surface area contributed by atoms with Crippen molar-refractivity contribution < 1.29 is 4.74 Å². The predicted molar refractivity (Wildman–Crippen MR) is 90.8 cm³/mol. The van der Waals surface area contributed by atoms with E-state index < -0.39 is 5.60 Å². The van der Waals surface area contributed by atoms with Crippen molar-refractivity contribution in [1.29, 1.82) is 0 Å². The quantitative estimate of drug-likeness (QED) is 0.553. The summed E-state index contributed by atoms with van der Waals surface area (Å²) in [6, 6.07) is 21.1. The summed E-state index contributed by atoms with van der Waals surface area (Å²) >= 11 is 0. The Morgan fingerprint density at radius 2 is 1.55 bits per heavy atom. The van der Waals surface area contributed by atoms with Crippen molar-refractivity contribution in [2.45, 2.75) is 5.60 Å². The molecule has 0 N–H and O–H groups in total. The van der Waals surface area contributed by atoms with Gasteiger partial charge in [-0.2, -0.15) is 0 Å². The minimum absolute atomic E-state index is 0.452. The molecule has 0 aromatic heterocycles. The van der Waals surface area contributed by atoms with Gasteiger partial charge in [-0.3, -0.25) is 0 Å². The fourth-order valence-corrected chi connectivity index (χ4v) is 3.50. The van der Waals surface area contributed by atoms with Crippen LogP contribution in [0.15, 0.2) is 72.8 Å². The number of rotatable bonds is 0. The van der Waals surface area contributed by atoms with Crippen LogP contribution >= 0.6 is 0 Å². The van der Waals surface area contributed by atoms with Crippen molar-refractivity contribution in [2.75, 3.05) is 0 Å². The molecular formula is C21H14O. The summed E-state index contributed by atoms with van der Waals surface area (Å²) in [4.78, 5) is 0. The van der Waals surface area contributed by atoms with Gasteiger partial charge in [-0.1, -0.05) is 60.7 Å². The molecule has 0 saturated heterocycles. The number of hydrogen-bond acceptors (Lipinski definition) is 1.